The molecule has 0 aromatic carbocycles. The van der Waals surface area contributed by atoms with Crippen molar-refractivity contribution in [3.8, 4) is 0 Å². The molecule has 0 fully saturated rings. The maximum absolute atomic E-state index is 11.6. The monoisotopic (exact) mass is 457 g/mol. The number of ether oxygens (including phenoxy) is 1. The number of carbonyl (C=O) groups is 1. The van der Waals surface area contributed by atoms with Crippen molar-refractivity contribution in [1.82, 2.24) is 0 Å². The van der Waals surface area contributed by atoms with Gasteiger partial charge in [0.2, 0.25) is 0 Å². The molecule has 0 rings (SSSR count). The smallest absolute Gasteiger partial charge is 0.308 e. The summed E-state index contributed by atoms with van der Waals surface area (Å²) in [6.07, 6.45) is 12.2. The molecule has 24 heavy (non-hydrogen) atoms. The number of aliphatic hydroxyl groups is 1. The van der Waals surface area contributed by atoms with Gasteiger partial charge in [0.05, 0.1) is 34.2 Å². The van der Waals surface area contributed by atoms with E-state index in [4.69, 9.17) is 4.74 Å². The maximum atomic E-state index is 11.6. The Bertz CT molecular complexity index is 293. The van der Waals surface area contributed by atoms with Gasteiger partial charge >= 0.3 is 5.97 Å². The van der Waals surface area contributed by atoms with Crippen LogP contribution in [0.25, 0.3) is 0 Å². The largest absolute Gasteiger partial charge is 1.00 e. The van der Waals surface area contributed by atoms with Gasteiger partial charge in [0.15, 0.2) is 0 Å². The van der Waals surface area contributed by atoms with Gasteiger partial charge in [0.1, 0.15) is 12.6 Å². The Morgan fingerprint density at radius 1 is 0.917 bits per heavy atom. The quantitative estimate of drug-likeness (QED) is 0.172. The first-order valence-electron chi connectivity index (χ1n) is 9.49. The standard InChI is InChI=1S/C19H40NO3.HI/c1-5-6-7-8-9-10-11-12-13-14-15-23-19(22)16-18(21)17-20(2,3)4;/h18,21H,5-17H2,1-4H3;1H/q+1;/p-1/t18-;/m0./s1. The highest BCUT2D eigenvalue weighted by Crippen LogP contribution is 2.10. The summed E-state index contributed by atoms with van der Waals surface area (Å²) in [5.74, 6) is -0.276. The number of rotatable bonds is 15. The molecule has 0 unspecified atom stereocenters. The molecule has 0 aliphatic carbocycles. The van der Waals surface area contributed by atoms with Crippen molar-refractivity contribution in [3.05, 3.63) is 0 Å². The van der Waals surface area contributed by atoms with Crippen LogP contribution >= 0.6 is 0 Å². The second-order valence-corrected chi connectivity index (χ2v) is 7.73. The lowest BCUT2D eigenvalue weighted by atomic mass is 10.1. The van der Waals surface area contributed by atoms with Gasteiger partial charge in [-0.1, -0.05) is 64.7 Å². The molecule has 0 radical (unpaired) electrons. The van der Waals surface area contributed by atoms with E-state index in [0.717, 1.165) is 12.8 Å². The van der Waals surface area contributed by atoms with Gasteiger partial charge < -0.3 is 38.3 Å². The number of hydrogen-bond acceptors (Lipinski definition) is 3. The lowest BCUT2D eigenvalue weighted by Gasteiger charge is -2.26. The second kappa shape index (κ2) is 16.6. The van der Waals surface area contributed by atoms with Crippen LogP contribution < -0.4 is 24.0 Å². The second-order valence-electron chi connectivity index (χ2n) is 7.73. The maximum Gasteiger partial charge on any atom is 0.308 e. The molecule has 0 heterocycles. The van der Waals surface area contributed by atoms with Gasteiger partial charge in [0, 0.05) is 0 Å². The summed E-state index contributed by atoms with van der Waals surface area (Å²) in [6, 6.07) is 0. The number of esters is 1. The van der Waals surface area contributed by atoms with Crippen LogP contribution in [0.4, 0.5) is 0 Å². The molecule has 1 N–H and O–H groups in total. The van der Waals surface area contributed by atoms with Crippen molar-refractivity contribution in [2.24, 2.45) is 0 Å². The minimum atomic E-state index is -0.616. The molecule has 0 aliphatic heterocycles. The molecular formula is C19H40INO3. The van der Waals surface area contributed by atoms with Crippen molar-refractivity contribution in [3.63, 3.8) is 0 Å². The molecule has 5 heteroatoms. The fourth-order valence-electron chi connectivity index (χ4n) is 2.72. The van der Waals surface area contributed by atoms with E-state index in [9.17, 15) is 9.90 Å². The molecule has 4 nitrogen and oxygen atoms in total. The van der Waals surface area contributed by atoms with Crippen LogP contribution in [0.2, 0.25) is 0 Å². The van der Waals surface area contributed by atoms with Gasteiger partial charge in [0.25, 0.3) is 0 Å². The number of unbranched alkanes of at least 4 members (excludes halogenated alkanes) is 9. The van der Waals surface area contributed by atoms with Crippen LogP contribution in [0.3, 0.4) is 0 Å². The van der Waals surface area contributed by atoms with Crippen LogP contribution in [0.1, 0.15) is 77.6 Å². The third-order valence-electron chi connectivity index (χ3n) is 3.92. The molecule has 0 saturated carbocycles. The normalized spacial score (nSPS) is 12.5. The van der Waals surface area contributed by atoms with E-state index >= 15 is 0 Å². The fourth-order valence-corrected chi connectivity index (χ4v) is 2.72. The zero-order valence-electron chi connectivity index (χ0n) is 16.4. The Balaban J connectivity index is 0. The van der Waals surface area contributed by atoms with Crippen molar-refractivity contribution < 1.29 is 43.1 Å². The number of quaternary nitrogens is 1. The van der Waals surface area contributed by atoms with Crippen molar-refractivity contribution in [1.29, 1.82) is 0 Å². The Hall–Kier alpha value is 0.120. The van der Waals surface area contributed by atoms with E-state index in [1.807, 2.05) is 21.1 Å². The predicted molar refractivity (Wildman–Crippen MR) is 96.3 cm³/mol. The first-order valence-corrected chi connectivity index (χ1v) is 9.49. The molecule has 0 saturated heterocycles. The van der Waals surface area contributed by atoms with Crippen LogP contribution in [0.15, 0.2) is 0 Å². The molecule has 0 spiro atoms. The minimum absolute atomic E-state index is 0. The van der Waals surface area contributed by atoms with Crippen LogP contribution in [0.5, 0.6) is 0 Å². The van der Waals surface area contributed by atoms with E-state index < -0.39 is 6.10 Å². The highest BCUT2D eigenvalue weighted by atomic mass is 127. The summed E-state index contributed by atoms with van der Waals surface area (Å²) in [5.41, 5.74) is 0. The summed E-state index contributed by atoms with van der Waals surface area (Å²) < 4.78 is 5.84. The molecule has 0 aromatic rings. The third-order valence-corrected chi connectivity index (χ3v) is 3.92. The van der Waals surface area contributed by atoms with Gasteiger partial charge in [-0.25, -0.2) is 0 Å². The molecule has 146 valence electrons. The first-order chi connectivity index (χ1) is 10.8. The third kappa shape index (κ3) is 20.2. The number of likely N-dealkylation sites (N-methyl/N-ethyl adjacent to an activating group) is 1. The molecule has 0 aromatic heterocycles. The molecule has 0 bridgehead atoms. The minimum Gasteiger partial charge on any atom is -1.00 e. The summed E-state index contributed by atoms with van der Waals surface area (Å²) >= 11 is 0. The van der Waals surface area contributed by atoms with Crippen molar-refractivity contribution in [2.75, 3.05) is 34.3 Å². The zero-order chi connectivity index (χ0) is 17.6. The average Bonchev–Trinajstić information content (AvgIpc) is 2.42. The Morgan fingerprint density at radius 2 is 1.38 bits per heavy atom. The summed E-state index contributed by atoms with van der Waals surface area (Å²) in [6.45, 7) is 3.30. The van der Waals surface area contributed by atoms with Gasteiger partial charge in [-0.3, -0.25) is 4.79 Å². The van der Waals surface area contributed by atoms with Gasteiger partial charge in [-0.05, 0) is 6.42 Å². The summed E-state index contributed by atoms with van der Waals surface area (Å²) in [5, 5.41) is 9.82. The van der Waals surface area contributed by atoms with Crippen LogP contribution in [-0.2, 0) is 9.53 Å². The number of hydrogen-bond donors (Lipinski definition) is 1. The lowest BCUT2D eigenvalue weighted by molar-refractivity contribution is -0.873. The number of aliphatic hydroxyl groups excluding tert-OH is 1. The van der Waals surface area contributed by atoms with E-state index in [1.165, 1.54) is 51.4 Å². The Kier molecular flexibility index (Phi) is 18.2. The highest BCUT2D eigenvalue weighted by Gasteiger charge is 2.19. The summed E-state index contributed by atoms with van der Waals surface area (Å²) in [7, 11) is 6.00. The molecule has 0 aliphatic rings. The van der Waals surface area contributed by atoms with Crippen LogP contribution in [0, 0.1) is 0 Å². The van der Waals surface area contributed by atoms with Crippen molar-refractivity contribution in [2.45, 2.75) is 83.7 Å². The zero-order valence-corrected chi connectivity index (χ0v) is 18.5. The van der Waals surface area contributed by atoms with Crippen LogP contribution in [-0.4, -0.2) is 56.0 Å². The SMILES string of the molecule is CCCCCCCCCCCCOC(=O)C[C@H](O)C[N+](C)(C)C.[I-]. The number of halogens is 1. The number of nitrogens with zero attached hydrogens (tertiary/aromatic N) is 1. The predicted octanol–water partition coefficient (Wildman–Crippen LogP) is 0.912. The molecular weight excluding hydrogens is 417 g/mol. The summed E-state index contributed by atoms with van der Waals surface area (Å²) in [4.78, 5) is 11.6. The Labute approximate surface area is 166 Å². The fraction of sp³-hybridized carbons (Fsp3) is 0.947. The average molecular weight is 457 g/mol. The lowest BCUT2D eigenvalue weighted by Crippen LogP contribution is -3.00. The van der Waals surface area contributed by atoms with E-state index in [-0.39, 0.29) is 36.4 Å². The Morgan fingerprint density at radius 3 is 1.83 bits per heavy atom. The number of carbonyl (C=O) groups excluding carboxylic acids is 1. The van der Waals surface area contributed by atoms with Gasteiger partial charge in [-0.2, -0.15) is 0 Å². The van der Waals surface area contributed by atoms with E-state index in [1.54, 1.807) is 0 Å². The first kappa shape index (κ1) is 26.4. The highest BCUT2D eigenvalue weighted by molar-refractivity contribution is 5.69. The van der Waals surface area contributed by atoms with E-state index in [0.29, 0.717) is 17.6 Å². The molecule has 0 amide bonds. The van der Waals surface area contributed by atoms with Gasteiger partial charge in [-0.15, -0.1) is 0 Å². The van der Waals surface area contributed by atoms with Crippen molar-refractivity contribution >= 4 is 5.97 Å². The topological polar surface area (TPSA) is 46.5 Å². The van der Waals surface area contributed by atoms with E-state index in [2.05, 4.69) is 6.92 Å². The molecule has 1 atom stereocenters.